The van der Waals surface area contributed by atoms with E-state index in [1.165, 1.54) is 0 Å². The topological polar surface area (TPSA) is 34.1 Å². The minimum Gasteiger partial charge on any atom is -0.383 e. The fourth-order valence-corrected chi connectivity index (χ4v) is 2.08. The lowest BCUT2D eigenvalue weighted by Crippen LogP contribution is -2.19. The number of rotatable bonds is 5. The standard InChI is InChI=1S/C9H12Br2N2O/c1-14-3-2-12-6-9-8(11)4-7(10)5-13-9/h4-5,12H,2-3,6H2,1H3. The molecule has 0 spiro atoms. The number of pyridine rings is 1. The molecule has 0 atom stereocenters. The molecule has 1 N–H and O–H groups in total. The van der Waals surface area contributed by atoms with Crippen LogP contribution in [0.4, 0.5) is 0 Å². The Labute approximate surface area is 101 Å². The van der Waals surface area contributed by atoms with E-state index in [9.17, 15) is 0 Å². The van der Waals surface area contributed by atoms with Gasteiger partial charge in [-0.05, 0) is 37.9 Å². The van der Waals surface area contributed by atoms with Gasteiger partial charge in [0, 0.05) is 35.3 Å². The van der Waals surface area contributed by atoms with E-state index in [1.54, 1.807) is 13.3 Å². The number of nitrogens with one attached hydrogen (secondary N) is 1. The summed E-state index contributed by atoms with van der Waals surface area (Å²) >= 11 is 6.81. The summed E-state index contributed by atoms with van der Waals surface area (Å²) < 4.78 is 6.91. The number of halogens is 2. The zero-order valence-corrected chi connectivity index (χ0v) is 11.1. The Balaban J connectivity index is 2.42. The fourth-order valence-electron chi connectivity index (χ4n) is 0.954. The molecule has 0 fully saturated rings. The highest BCUT2D eigenvalue weighted by molar-refractivity contribution is 9.11. The van der Waals surface area contributed by atoms with Crippen LogP contribution in [0.5, 0.6) is 0 Å². The lowest BCUT2D eigenvalue weighted by molar-refractivity contribution is 0.199. The van der Waals surface area contributed by atoms with Crippen molar-refractivity contribution in [1.82, 2.24) is 10.3 Å². The number of hydrogen-bond donors (Lipinski definition) is 1. The third-order valence-electron chi connectivity index (χ3n) is 1.66. The highest BCUT2D eigenvalue weighted by Crippen LogP contribution is 2.19. The van der Waals surface area contributed by atoms with Crippen LogP contribution in [0.2, 0.25) is 0 Å². The Morgan fingerprint density at radius 2 is 2.29 bits per heavy atom. The molecule has 0 aromatic carbocycles. The first-order valence-electron chi connectivity index (χ1n) is 4.23. The molecule has 0 aliphatic rings. The molecule has 0 radical (unpaired) electrons. The van der Waals surface area contributed by atoms with Crippen LogP contribution in [0.15, 0.2) is 21.2 Å². The van der Waals surface area contributed by atoms with E-state index in [-0.39, 0.29) is 0 Å². The van der Waals surface area contributed by atoms with Gasteiger partial charge in [0.05, 0.1) is 12.3 Å². The first kappa shape index (κ1) is 12.1. The van der Waals surface area contributed by atoms with Gasteiger partial charge in [-0.3, -0.25) is 4.98 Å². The smallest absolute Gasteiger partial charge is 0.0684 e. The summed E-state index contributed by atoms with van der Waals surface area (Å²) in [6, 6.07) is 1.99. The largest absolute Gasteiger partial charge is 0.383 e. The lowest BCUT2D eigenvalue weighted by atomic mass is 10.3. The van der Waals surface area contributed by atoms with E-state index in [0.717, 1.165) is 27.7 Å². The third-order valence-corrected chi connectivity index (χ3v) is 2.78. The molecular weight excluding hydrogens is 312 g/mol. The minimum atomic E-state index is 0.716. The fraction of sp³-hybridized carbons (Fsp3) is 0.444. The van der Waals surface area contributed by atoms with E-state index in [4.69, 9.17) is 4.74 Å². The van der Waals surface area contributed by atoms with E-state index in [1.807, 2.05) is 6.07 Å². The van der Waals surface area contributed by atoms with Crippen molar-refractivity contribution in [3.05, 3.63) is 26.9 Å². The van der Waals surface area contributed by atoms with Gasteiger partial charge < -0.3 is 10.1 Å². The molecule has 0 amide bonds. The lowest BCUT2D eigenvalue weighted by Gasteiger charge is -2.05. The summed E-state index contributed by atoms with van der Waals surface area (Å²) in [6.07, 6.45) is 1.79. The van der Waals surface area contributed by atoms with Crippen LogP contribution < -0.4 is 5.32 Å². The molecule has 78 valence electrons. The average Bonchev–Trinajstić information content (AvgIpc) is 2.15. The maximum absolute atomic E-state index is 4.93. The molecule has 0 unspecified atom stereocenters. The number of methoxy groups -OCH3 is 1. The molecular formula is C9H12Br2N2O. The number of nitrogens with zero attached hydrogens (tertiary/aromatic N) is 1. The Hall–Kier alpha value is 0.0300. The molecule has 0 saturated carbocycles. The van der Waals surface area contributed by atoms with E-state index >= 15 is 0 Å². The van der Waals surface area contributed by atoms with Crippen molar-refractivity contribution in [3.63, 3.8) is 0 Å². The van der Waals surface area contributed by atoms with E-state index < -0.39 is 0 Å². The van der Waals surface area contributed by atoms with Gasteiger partial charge in [-0.25, -0.2) is 0 Å². The van der Waals surface area contributed by atoms with Crippen molar-refractivity contribution < 1.29 is 4.74 Å². The summed E-state index contributed by atoms with van der Waals surface area (Å²) in [5.41, 5.74) is 1.00. The van der Waals surface area contributed by atoms with Gasteiger partial charge in [-0.2, -0.15) is 0 Å². The molecule has 1 heterocycles. The van der Waals surface area contributed by atoms with Crippen LogP contribution in [-0.2, 0) is 11.3 Å². The van der Waals surface area contributed by atoms with Gasteiger partial charge in [0.1, 0.15) is 0 Å². The Bertz CT molecular complexity index is 294. The van der Waals surface area contributed by atoms with Crippen molar-refractivity contribution in [2.75, 3.05) is 20.3 Å². The van der Waals surface area contributed by atoms with Crippen molar-refractivity contribution in [2.45, 2.75) is 6.54 Å². The minimum absolute atomic E-state index is 0.716. The molecule has 0 aliphatic carbocycles. The Morgan fingerprint density at radius 1 is 1.50 bits per heavy atom. The van der Waals surface area contributed by atoms with Crippen LogP contribution in [0, 0.1) is 0 Å². The van der Waals surface area contributed by atoms with Gasteiger partial charge in [-0.1, -0.05) is 0 Å². The number of aromatic nitrogens is 1. The van der Waals surface area contributed by atoms with Crippen molar-refractivity contribution in [2.24, 2.45) is 0 Å². The first-order valence-corrected chi connectivity index (χ1v) is 5.82. The molecule has 0 saturated heterocycles. The zero-order chi connectivity index (χ0) is 10.4. The average molecular weight is 324 g/mol. The zero-order valence-electron chi connectivity index (χ0n) is 7.89. The normalized spacial score (nSPS) is 10.5. The summed E-state index contributed by atoms with van der Waals surface area (Å²) in [7, 11) is 1.69. The van der Waals surface area contributed by atoms with Gasteiger partial charge in [0.2, 0.25) is 0 Å². The first-order chi connectivity index (χ1) is 6.74. The Kier molecular flexibility index (Phi) is 5.62. The van der Waals surface area contributed by atoms with Gasteiger partial charge >= 0.3 is 0 Å². The van der Waals surface area contributed by atoms with Crippen LogP contribution in [0.25, 0.3) is 0 Å². The van der Waals surface area contributed by atoms with Crippen LogP contribution in [-0.4, -0.2) is 25.2 Å². The van der Waals surface area contributed by atoms with Crippen LogP contribution in [0.3, 0.4) is 0 Å². The van der Waals surface area contributed by atoms with Gasteiger partial charge in [-0.15, -0.1) is 0 Å². The SMILES string of the molecule is COCCNCc1ncc(Br)cc1Br. The van der Waals surface area contributed by atoms with Crippen molar-refractivity contribution >= 4 is 31.9 Å². The van der Waals surface area contributed by atoms with Crippen LogP contribution >= 0.6 is 31.9 Å². The molecule has 0 bridgehead atoms. The predicted octanol–water partition coefficient (Wildman–Crippen LogP) is 2.34. The molecule has 1 aromatic heterocycles. The summed E-state index contributed by atoms with van der Waals surface area (Å²) in [5, 5.41) is 3.23. The molecule has 0 aliphatic heterocycles. The molecule has 5 heteroatoms. The van der Waals surface area contributed by atoms with Crippen molar-refractivity contribution in [1.29, 1.82) is 0 Å². The van der Waals surface area contributed by atoms with Crippen molar-refractivity contribution in [3.8, 4) is 0 Å². The highest BCUT2D eigenvalue weighted by atomic mass is 79.9. The maximum Gasteiger partial charge on any atom is 0.0684 e. The van der Waals surface area contributed by atoms with Gasteiger partial charge in [0.25, 0.3) is 0 Å². The second-order valence-electron chi connectivity index (χ2n) is 2.75. The molecule has 14 heavy (non-hydrogen) atoms. The van der Waals surface area contributed by atoms with Gasteiger partial charge in [0.15, 0.2) is 0 Å². The second kappa shape index (κ2) is 6.50. The molecule has 1 aromatic rings. The summed E-state index contributed by atoms with van der Waals surface area (Å²) in [4.78, 5) is 4.28. The molecule has 1 rings (SSSR count). The molecule has 3 nitrogen and oxygen atoms in total. The van der Waals surface area contributed by atoms with Crippen LogP contribution in [0.1, 0.15) is 5.69 Å². The number of hydrogen-bond acceptors (Lipinski definition) is 3. The second-order valence-corrected chi connectivity index (χ2v) is 4.52. The highest BCUT2D eigenvalue weighted by Gasteiger charge is 2.01. The van der Waals surface area contributed by atoms with E-state index in [2.05, 4.69) is 42.2 Å². The van der Waals surface area contributed by atoms with E-state index in [0.29, 0.717) is 6.61 Å². The summed E-state index contributed by atoms with van der Waals surface area (Å²) in [5.74, 6) is 0. The summed E-state index contributed by atoms with van der Waals surface area (Å²) in [6.45, 7) is 2.30. The predicted molar refractivity (Wildman–Crippen MR) is 63.2 cm³/mol. The maximum atomic E-state index is 4.93. The third kappa shape index (κ3) is 4.04. The Morgan fingerprint density at radius 3 is 2.93 bits per heavy atom. The number of ether oxygens (including phenoxy) is 1. The monoisotopic (exact) mass is 322 g/mol. The quantitative estimate of drug-likeness (QED) is 0.845.